The number of hydrogen-bond acceptors (Lipinski definition) is 3. The zero-order chi connectivity index (χ0) is 10.5. The normalized spacial score (nSPS) is 41.3. The summed E-state index contributed by atoms with van der Waals surface area (Å²) < 4.78 is 5.69. The first-order valence-corrected chi connectivity index (χ1v) is 5.93. The molecule has 3 fully saturated rings. The molecule has 1 amide bonds. The van der Waals surface area contributed by atoms with Crippen LogP contribution in [-0.4, -0.2) is 29.7 Å². The molecule has 0 radical (unpaired) electrons. The molecule has 3 unspecified atom stereocenters. The Morgan fingerprint density at radius 3 is 2.67 bits per heavy atom. The third-order valence-electron chi connectivity index (χ3n) is 4.12. The summed E-state index contributed by atoms with van der Waals surface area (Å²) in [6.07, 6.45) is 6.61. The van der Waals surface area contributed by atoms with Gasteiger partial charge in [-0.1, -0.05) is 0 Å². The van der Waals surface area contributed by atoms with Crippen molar-refractivity contribution in [2.75, 3.05) is 0 Å². The summed E-state index contributed by atoms with van der Waals surface area (Å²) in [6.45, 7) is 0. The van der Waals surface area contributed by atoms with Gasteiger partial charge >= 0.3 is 0 Å². The number of carbonyl (C=O) groups excluding carboxylic acids is 1. The molecule has 3 rings (SSSR count). The van der Waals surface area contributed by atoms with Crippen molar-refractivity contribution in [1.29, 1.82) is 0 Å². The van der Waals surface area contributed by atoms with E-state index in [1.165, 1.54) is 0 Å². The van der Waals surface area contributed by atoms with E-state index in [9.17, 15) is 4.79 Å². The van der Waals surface area contributed by atoms with Crippen molar-refractivity contribution in [3.05, 3.63) is 0 Å². The lowest BCUT2D eigenvalue weighted by Crippen LogP contribution is -2.61. The lowest BCUT2D eigenvalue weighted by atomic mass is 9.76. The molecule has 3 aliphatic rings. The highest BCUT2D eigenvalue weighted by molar-refractivity contribution is 5.87. The van der Waals surface area contributed by atoms with Gasteiger partial charge in [-0.3, -0.25) is 4.79 Å². The van der Waals surface area contributed by atoms with E-state index >= 15 is 0 Å². The Labute approximate surface area is 89.5 Å². The molecule has 0 spiro atoms. The van der Waals surface area contributed by atoms with E-state index in [0.29, 0.717) is 6.10 Å². The SMILES string of the molecule is NC1(C(=O)NC2CC3CCC2O3)CCC1. The molecule has 84 valence electrons. The van der Waals surface area contributed by atoms with Crippen LogP contribution in [0.4, 0.5) is 0 Å². The van der Waals surface area contributed by atoms with Crippen LogP contribution in [0.25, 0.3) is 0 Å². The van der Waals surface area contributed by atoms with E-state index < -0.39 is 5.54 Å². The van der Waals surface area contributed by atoms with Gasteiger partial charge in [-0.15, -0.1) is 0 Å². The summed E-state index contributed by atoms with van der Waals surface area (Å²) in [7, 11) is 0. The zero-order valence-electron chi connectivity index (χ0n) is 8.87. The Kier molecular flexibility index (Phi) is 2.04. The quantitative estimate of drug-likeness (QED) is 0.689. The minimum Gasteiger partial charge on any atom is -0.373 e. The van der Waals surface area contributed by atoms with Crippen LogP contribution in [0.15, 0.2) is 0 Å². The highest BCUT2D eigenvalue weighted by atomic mass is 16.5. The van der Waals surface area contributed by atoms with Crippen molar-refractivity contribution in [3.63, 3.8) is 0 Å². The molecular formula is C11H18N2O2. The van der Waals surface area contributed by atoms with Crippen molar-refractivity contribution >= 4 is 5.91 Å². The fourth-order valence-corrected chi connectivity index (χ4v) is 2.89. The Morgan fingerprint density at radius 1 is 1.40 bits per heavy atom. The summed E-state index contributed by atoms with van der Waals surface area (Å²) in [5.41, 5.74) is 5.40. The van der Waals surface area contributed by atoms with Crippen LogP contribution in [-0.2, 0) is 9.53 Å². The van der Waals surface area contributed by atoms with Crippen LogP contribution < -0.4 is 11.1 Å². The molecule has 2 saturated heterocycles. The summed E-state index contributed by atoms with van der Waals surface area (Å²) >= 11 is 0. The smallest absolute Gasteiger partial charge is 0.240 e. The number of hydrogen-bond donors (Lipinski definition) is 2. The largest absolute Gasteiger partial charge is 0.373 e. The monoisotopic (exact) mass is 210 g/mol. The molecule has 0 aromatic rings. The Hall–Kier alpha value is -0.610. The van der Waals surface area contributed by atoms with Gasteiger partial charge in [-0.05, 0) is 38.5 Å². The third kappa shape index (κ3) is 1.47. The third-order valence-corrected chi connectivity index (χ3v) is 4.12. The first kappa shape index (κ1) is 9.60. The average Bonchev–Trinajstić information content (AvgIpc) is 2.75. The molecule has 2 aliphatic heterocycles. The maximum Gasteiger partial charge on any atom is 0.240 e. The minimum absolute atomic E-state index is 0.0369. The fraction of sp³-hybridized carbons (Fsp3) is 0.909. The maximum atomic E-state index is 11.9. The zero-order valence-corrected chi connectivity index (χ0v) is 8.87. The van der Waals surface area contributed by atoms with E-state index in [1.807, 2.05) is 0 Å². The molecule has 3 atom stereocenters. The molecule has 15 heavy (non-hydrogen) atoms. The van der Waals surface area contributed by atoms with E-state index in [1.54, 1.807) is 0 Å². The summed E-state index contributed by atoms with van der Waals surface area (Å²) in [5.74, 6) is 0.0369. The molecule has 1 aliphatic carbocycles. The van der Waals surface area contributed by atoms with Crippen molar-refractivity contribution < 1.29 is 9.53 Å². The Morgan fingerprint density at radius 2 is 2.20 bits per heavy atom. The highest BCUT2D eigenvalue weighted by Crippen LogP contribution is 2.35. The summed E-state index contributed by atoms with van der Waals surface area (Å²) in [5, 5.41) is 3.06. The average molecular weight is 210 g/mol. The minimum atomic E-state index is -0.568. The second-order valence-electron chi connectivity index (χ2n) is 5.20. The van der Waals surface area contributed by atoms with Crippen molar-refractivity contribution in [2.45, 2.75) is 62.3 Å². The lowest BCUT2D eigenvalue weighted by molar-refractivity contribution is -0.130. The van der Waals surface area contributed by atoms with Gasteiger partial charge in [0, 0.05) is 0 Å². The standard InChI is InChI=1S/C11H18N2O2/c12-11(4-1-5-11)10(14)13-8-6-7-2-3-9(8)15-7/h7-9H,1-6,12H2,(H,13,14). The van der Waals surface area contributed by atoms with Gasteiger partial charge < -0.3 is 15.8 Å². The number of nitrogens with one attached hydrogen (secondary N) is 1. The van der Waals surface area contributed by atoms with Crippen LogP contribution >= 0.6 is 0 Å². The lowest BCUT2D eigenvalue weighted by Gasteiger charge is -2.37. The number of ether oxygens (including phenoxy) is 1. The number of nitrogens with two attached hydrogens (primary N) is 1. The summed E-state index contributed by atoms with van der Waals surface area (Å²) in [4.78, 5) is 11.9. The van der Waals surface area contributed by atoms with Crippen LogP contribution in [0.5, 0.6) is 0 Å². The molecule has 4 heteroatoms. The topological polar surface area (TPSA) is 64.4 Å². The van der Waals surface area contributed by atoms with E-state index in [-0.39, 0.29) is 18.1 Å². The number of rotatable bonds is 2. The number of carbonyl (C=O) groups is 1. The predicted octanol–water partition coefficient (Wildman–Crippen LogP) is 0.304. The number of amides is 1. The van der Waals surface area contributed by atoms with Gasteiger partial charge in [0.2, 0.25) is 5.91 Å². The molecule has 3 N–H and O–H groups in total. The van der Waals surface area contributed by atoms with Gasteiger partial charge in [-0.25, -0.2) is 0 Å². The van der Waals surface area contributed by atoms with Crippen molar-refractivity contribution in [3.8, 4) is 0 Å². The van der Waals surface area contributed by atoms with Gasteiger partial charge in [-0.2, -0.15) is 0 Å². The predicted molar refractivity (Wildman–Crippen MR) is 55.2 cm³/mol. The second-order valence-corrected chi connectivity index (χ2v) is 5.20. The van der Waals surface area contributed by atoms with Gasteiger partial charge in [0.05, 0.1) is 23.8 Å². The van der Waals surface area contributed by atoms with Crippen molar-refractivity contribution in [1.82, 2.24) is 5.32 Å². The van der Waals surface area contributed by atoms with Crippen LogP contribution in [0, 0.1) is 0 Å². The first-order chi connectivity index (χ1) is 7.17. The molecule has 2 bridgehead atoms. The van der Waals surface area contributed by atoms with E-state index in [4.69, 9.17) is 10.5 Å². The molecule has 4 nitrogen and oxygen atoms in total. The maximum absolute atomic E-state index is 11.9. The van der Waals surface area contributed by atoms with Gasteiger partial charge in [0.25, 0.3) is 0 Å². The van der Waals surface area contributed by atoms with Crippen LogP contribution in [0.1, 0.15) is 38.5 Å². The molecular weight excluding hydrogens is 192 g/mol. The highest BCUT2D eigenvalue weighted by Gasteiger charge is 2.45. The Balaban J connectivity index is 1.59. The van der Waals surface area contributed by atoms with E-state index in [2.05, 4.69) is 5.32 Å². The van der Waals surface area contributed by atoms with Crippen LogP contribution in [0.2, 0.25) is 0 Å². The van der Waals surface area contributed by atoms with E-state index in [0.717, 1.165) is 38.5 Å². The summed E-state index contributed by atoms with van der Waals surface area (Å²) in [6, 6.07) is 0.220. The van der Waals surface area contributed by atoms with Crippen molar-refractivity contribution in [2.24, 2.45) is 5.73 Å². The fourth-order valence-electron chi connectivity index (χ4n) is 2.89. The molecule has 1 saturated carbocycles. The molecule has 0 aromatic heterocycles. The Bertz CT molecular complexity index is 288. The van der Waals surface area contributed by atoms with Gasteiger partial charge in [0.15, 0.2) is 0 Å². The van der Waals surface area contributed by atoms with Crippen LogP contribution in [0.3, 0.4) is 0 Å². The molecule has 0 aromatic carbocycles. The second kappa shape index (κ2) is 3.19. The van der Waals surface area contributed by atoms with Gasteiger partial charge in [0.1, 0.15) is 0 Å². The number of fused-ring (bicyclic) bond motifs is 2. The first-order valence-electron chi connectivity index (χ1n) is 5.93. The molecule has 2 heterocycles.